The maximum Gasteiger partial charge on any atom is 0.171 e. The van der Waals surface area contributed by atoms with Crippen LogP contribution in [0.3, 0.4) is 0 Å². The van der Waals surface area contributed by atoms with Crippen molar-refractivity contribution in [3.05, 3.63) is 40.2 Å². The van der Waals surface area contributed by atoms with Crippen LogP contribution in [-0.2, 0) is 11.0 Å². The van der Waals surface area contributed by atoms with E-state index in [0.717, 1.165) is 16.3 Å². The van der Waals surface area contributed by atoms with Crippen molar-refractivity contribution in [3.63, 3.8) is 0 Å². The number of rotatable bonds is 5. The fourth-order valence-corrected chi connectivity index (χ4v) is 4.17. The normalized spacial score (nSPS) is 13.6. The van der Waals surface area contributed by atoms with Crippen molar-refractivity contribution in [1.29, 1.82) is 0 Å². The molecule has 2 aromatic rings. The summed E-state index contributed by atoms with van der Waals surface area (Å²) >= 11 is 1.49. The molecule has 0 spiro atoms. The third-order valence-electron chi connectivity index (χ3n) is 3.39. The zero-order chi connectivity index (χ0) is 16.3. The van der Waals surface area contributed by atoms with Crippen LogP contribution in [-0.4, -0.2) is 19.1 Å². The van der Waals surface area contributed by atoms with Gasteiger partial charge in [0.05, 0.1) is 18.4 Å². The van der Waals surface area contributed by atoms with E-state index in [1.807, 2.05) is 5.38 Å². The Morgan fingerprint density at radius 3 is 2.32 bits per heavy atom. The van der Waals surface area contributed by atoms with E-state index in [1.54, 1.807) is 0 Å². The van der Waals surface area contributed by atoms with E-state index in [1.165, 1.54) is 16.9 Å². The Kier molecular flexibility index (Phi) is 5.55. The molecule has 0 saturated carbocycles. The molecule has 1 aromatic heterocycles. The Bertz CT molecular complexity index is 602. The second kappa shape index (κ2) is 7.04. The van der Waals surface area contributed by atoms with Crippen molar-refractivity contribution >= 4 is 20.4 Å². The van der Waals surface area contributed by atoms with E-state index in [2.05, 4.69) is 63.1 Å². The molecule has 5 heteroatoms. The fourth-order valence-electron chi connectivity index (χ4n) is 2.40. The van der Waals surface area contributed by atoms with Gasteiger partial charge in [-0.3, -0.25) is 0 Å². The number of aliphatic hydroxyl groups is 1. The first-order valence-electron chi connectivity index (χ1n) is 7.62. The Balaban J connectivity index is 2.25. The SMILES string of the molecule is C[SiH](C)OC(c1ccc(-c2csc(CO)n2)cc1)C(C)(C)C. The quantitative estimate of drug-likeness (QED) is 0.824. The monoisotopic (exact) mass is 335 g/mol. The predicted octanol–water partition coefficient (Wildman–Crippen LogP) is 4.39. The van der Waals surface area contributed by atoms with E-state index in [-0.39, 0.29) is 18.1 Å². The molecule has 0 aliphatic heterocycles. The molecular weight excluding hydrogens is 310 g/mol. The summed E-state index contributed by atoms with van der Waals surface area (Å²) in [6, 6.07) is 8.46. The average Bonchev–Trinajstić information content (AvgIpc) is 2.92. The summed E-state index contributed by atoms with van der Waals surface area (Å²) in [4.78, 5) is 4.41. The topological polar surface area (TPSA) is 42.4 Å². The lowest BCUT2D eigenvalue weighted by Gasteiger charge is -2.33. The molecule has 0 fully saturated rings. The molecule has 1 aromatic carbocycles. The molecule has 1 N–H and O–H groups in total. The van der Waals surface area contributed by atoms with Crippen LogP contribution in [0.15, 0.2) is 29.6 Å². The van der Waals surface area contributed by atoms with Crippen LogP contribution in [0.1, 0.15) is 37.4 Å². The van der Waals surface area contributed by atoms with Crippen LogP contribution in [0.2, 0.25) is 13.1 Å². The summed E-state index contributed by atoms with van der Waals surface area (Å²) in [6.07, 6.45) is 0.122. The molecule has 1 heterocycles. The van der Waals surface area contributed by atoms with Crippen LogP contribution in [0.4, 0.5) is 0 Å². The van der Waals surface area contributed by atoms with Gasteiger partial charge in [0.2, 0.25) is 0 Å². The lowest BCUT2D eigenvalue weighted by atomic mass is 9.84. The Labute approximate surface area is 138 Å². The van der Waals surface area contributed by atoms with Crippen molar-refractivity contribution < 1.29 is 9.53 Å². The highest BCUT2D eigenvalue weighted by Crippen LogP contribution is 2.37. The van der Waals surface area contributed by atoms with E-state index >= 15 is 0 Å². The first kappa shape index (κ1) is 17.3. The van der Waals surface area contributed by atoms with Crippen LogP contribution < -0.4 is 0 Å². The van der Waals surface area contributed by atoms with Crippen molar-refractivity contribution in [3.8, 4) is 11.3 Å². The van der Waals surface area contributed by atoms with Gasteiger partial charge in [-0.15, -0.1) is 11.3 Å². The molecule has 2 rings (SSSR count). The molecule has 1 unspecified atom stereocenters. The van der Waals surface area contributed by atoms with Crippen molar-refractivity contribution in [1.82, 2.24) is 4.98 Å². The molecule has 0 saturated heterocycles. The molecule has 0 aliphatic carbocycles. The summed E-state index contributed by atoms with van der Waals surface area (Å²) in [7, 11) is -1.11. The van der Waals surface area contributed by atoms with Crippen LogP contribution in [0, 0.1) is 5.41 Å². The van der Waals surface area contributed by atoms with Crippen LogP contribution in [0.5, 0.6) is 0 Å². The fraction of sp³-hybridized carbons (Fsp3) is 0.471. The van der Waals surface area contributed by atoms with Crippen molar-refractivity contribution in [2.45, 2.75) is 46.6 Å². The molecule has 3 nitrogen and oxygen atoms in total. The first-order valence-corrected chi connectivity index (χ1v) is 11.3. The van der Waals surface area contributed by atoms with Crippen molar-refractivity contribution in [2.24, 2.45) is 5.41 Å². The number of aliphatic hydroxyl groups excluding tert-OH is 1. The Hall–Kier alpha value is -1.01. The lowest BCUT2D eigenvalue weighted by Crippen LogP contribution is -2.25. The van der Waals surface area contributed by atoms with Gasteiger partial charge in [0, 0.05) is 10.9 Å². The van der Waals surface area contributed by atoms with E-state index in [9.17, 15) is 0 Å². The average molecular weight is 336 g/mol. The van der Waals surface area contributed by atoms with Gasteiger partial charge in [0.15, 0.2) is 9.04 Å². The number of benzene rings is 1. The number of thiazole rings is 1. The van der Waals surface area contributed by atoms with Gasteiger partial charge in [0.25, 0.3) is 0 Å². The van der Waals surface area contributed by atoms with Gasteiger partial charge in [-0.05, 0) is 24.1 Å². The standard InChI is InChI=1S/C17H25NO2SSi/c1-17(2,3)16(20-22(4)5)13-8-6-12(7-9-13)14-11-21-15(10-19)18-14/h6-9,11,16,19,22H,10H2,1-5H3. The highest BCUT2D eigenvalue weighted by molar-refractivity contribution is 7.09. The van der Waals surface area contributed by atoms with E-state index < -0.39 is 9.04 Å². The summed E-state index contributed by atoms with van der Waals surface area (Å²) in [5.41, 5.74) is 3.29. The van der Waals surface area contributed by atoms with Crippen molar-refractivity contribution in [2.75, 3.05) is 0 Å². The van der Waals surface area contributed by atoms with Gasteiger partial charge in [0.1, 0.15) is 5.01 Å². The summed E-state index contributed by atoms with van der Waals surface area (Å²) < 4.78 is 6.26. The Morgan fingerprint density at radius 2 is 1.86 bits per heavy atom. The minimum atomic E-state index is -1.11. The number of hydrogen-bond donors (Lipinski definition) is 1. The Morgan fingerprint density at radius 1 is 1.23 bits per heavy atom. The largest absolute Gasteiger partial charge is 0.413 e. The van der Waals surface area contributed by atoms with E-state index in [4.69, 9.17) is 9.53 Å². The number of hydrogen-bond acceptors (Lipinski definition) is 4. The zero-order valence-electron chi connectivity index (χ0n) is 14.0. The minimum absolute atomic E-state index is 0.00169. The minimum Gasteiger partial charge on any atom is -0.413 e. The van der Waals surface area contributed by atoms with Gasteiger partial charge in [-0.25, -0.2) is 4.98 Å². The maximum atomic E-state index is 9.12. The summed E-state index contributed by atoms with van der Waals surface area (Å²) in [5.74, 6) is 0. The molecule has 0 radical (unpaired) electrons. The summed E-state index contributed by atoms with van der Waals surface area (Å²) in [6.45, 7) is 11.1. The molecule has 0 amide bonds. The third-order valence-corrected chi connectivity index (χ3v) is 5.04. The molecule has 120 valence electrons. The highest BCUT2D eigenvalue weighted by atomic mass is 32.1. The number of nitrogens with zero attached hydrogens (tertiary/aromatic N) is 1. The molecule has 0 aliphatic rings. The highest BCUT2D eigenvalue weighted by Gasteiger charge is 2.27. The molecule has 0 bridgehead atoms. The maximum absolute atomic E-state index is 9.12. The lowest BCUT2D eigenvalue weighted by molar-refractivity contribution is 0.0866. The van der Waals surface area contributed by atoms with Gasteiger partial charge >= 0.3 is 0 Å². The first-order chi connectivity index (χ1) is 10.3. The molecule has 22 heavy (non-hydrogen) atoms. The van der Waals surface area contributed by atoms with Gasteiger partial charge in [-0.2, -0.15) is 0 Å². The molecule has 1 atom stereocenters. The second-order valence-electron chi connectivity index (χ2n) is 6.84. The summed E-state index contributed by atoms with van der Waals surface area (Å²) in [5, 5.41) is 11.9. The third kappa shape index (κ3) is 4.26. The van der Waals surface area contributed by atoms with Gasteiger partial charge < -0.3 is 9.53 Å². The molecular formula is C17H25NO2SSi. The smallest absolute Gasteiger partial charge is 0.171 e. The number of aromatic nitrogens is 1. The van der Waals surface area contributed by atoms with Gasteiger partial charge in [-0.1, -0.05) is 45.0 Å². The predicted molar refractivity (Wildman–Crippen MR) is 95.6 cm³/mol. The second-order valence-corrected chi connectivity index (χ2v) is 10.1. The zero-order valence-corrected chi connectivity index (χ0v) is 15.9. The van der Waals surface area contributed by atoms with Crippen LogP contribution in [0.25, 0.3) is 11.3 Å². The van der Waals surface area contributed by atoms with E-state index in [0.29, 0.717) is 0 Å². The van der Waals surface area contributed by atoms with Crippen LogP contribution >= 0.6 is 11.3 Å².